The van der Waals surface area contributed by atoms with Crippen molar-refractivity contribution in [2.45, 2.75) is 44.3 Å². The SMILES string of the molecule is CCCCc1ccc(C(NC)C(F)(F)C(F)(F)F)cc1. The van der Waals surface area contributed by atoms with Crippen molar-refractivity contribution in [1.29, 1.82) is 0 Å². The van der Waals surface area contributed by atoms with E-state index in [1.54, 1.807) is 12.1 Å². The highest BCUT2D eigenvalue weighted by molar-refractivity contribution is 5.27. The van der Waals surface area contributed by atoms with Crippen molar-refractivity contribution in [2.24, 2.45) is 0 Å². The number of aryl methyl sites for hydroxylation is 1. The second-order valence-corrected chi connectivity index (χ2v) is 4.69. The lowest BCUT2D eigenvalue weighted by Crippen LogP contribution is -2.47. The van der Waals surface area contributed by atoms with Crippen molar-refractivity contribution in [3.8, 4) is 0 Å². The summed E-state index contributed by atoms with van der Waals surface area (Å²) < 4.78 is 64.0. The van der Waals surface area contributed by atoms with Crippen molar-refractivity contribution in [1.82, 2.24) is 5.32 Å². The molecule has 1 aromatic rings. The summed E-state index contributed by atoms with van der Waals surface area (Å²) in [5.74, 6) is -4.81. The van der Waals surface area contributed by atoms with Gasteiger partial charge in [-0.15, -0.1) is 0 Å². The van der Waals surface area contributed by atoms with Crippen molar-refractivity contribution in [3.05, 3.63) is 35.4 Å². The van der Waals surface area contributed by atoms with Gasteiger partial charge in [0.25, 0.3) is 0 Å². The minimum atomic E-state index is -5.58. The van der Waals surface area contributed by atoms with E-state index in [2.05, 4.69) is 5.32 Å². The molecule has 1 aromatic carbocycles. The molecule has 0 spiro atoms. The minimum absolute atomic E-state index is 0.0740. The first-order valence-corrected chi connectivity index (χ1v) is 6.44. The van der Waals surface area contributed by atoms with Gasteiger partial charge in [-0.3, -0.25) is 0 Å². The Morgan fingerprint density at radius 1 is 1.05 bits per heavy atom. The maximum absolute atomic E-state index is 13.4. The quantitative estimate of drug-likeness (QED) is 0.763. The number of rotatable bonds is 6. The van der Waals surface area contributed by atoms with Crippen molar-refractivity contribution >= 4 is 0 Å². The molecule has 1 unspecified atom stereocenters. The fourth-order valence-corrected chi connectivity index (χ4v) is 1.98. The molecule has 0 aliphatic heterocycles. The van der Waals surface area contributed by atoms with Gasteiger partial charge in [-0.25, -0.2) is 0 Å². The third-order valence-electron chi connectivity index (χ3n) is 3.16. The van der Waals surface area contributed by atoms with E-state index in [1.807, 2.05) is 6.92 Å². The van der Waals surface area contributed by atoms with Gasteiger partial charge in [-0.2, -0.15) is 22.0 Å². The van der Waals surface area contributed by atoms with Gasteiger partial charge < -0.3 is 5.32 Å². The summed E-state index contributed by atoms with van der Waals surface area (Å²) in [5.41, 5.74) is 0.857. The van der Waals surface area contributed by atoms with E-state index in [-0.39, 0.29) is 5.56 Å². The molecule has 0 aromatic heterocycles. The number of unbranched alkanes of at least 4 members (excludes halogenated alkanes) is 1. The lowest BCUT2D eigenvalue weighted by Gasteiger charge is -2.28. The van der Waals surface area contributed by atoms with Crippen LogP contribution < -0.4 is 5.32 Å². The van der Waals surface area contributed by atoms with Crippen molar-refractivity contribution in [3.63, 3.8) is 0 Å². The van der Waals surface area contributed by atoms with Crippen LogP contribution >= 0.6 is 0 Å². The average molecular weight is 295 g/mol. The molecule has 0 aliphatic carbocycles. The Morgan fingerprint density at radius 3 is 2.00 bits per heavy atom. The molecule has 0 amide bonds. The molecule has 6 heteroatoms. The van der Waals surface area contributed by atoms with Crippen LogP contribution in [0.2, 0.25) is 0 Å². The van der Waals surface area contributed by atoms with Crippen LogP contribution in [0.1, 0.15) is 36.9 Å². The van der Waals surface area contributed by atoms with E-state index in [4.69, 9.17) is 0 Å². The predicted octanol–water partition coefficient (Wildman–Crippen LogP) is 4.49. The Hall–Kier alpha value is -1.17. The molecule has 1 N–H and O–H groups in total. The standard InChI is InChI=1S/C14H18F5N/c1-3-4-5-10-6-8-11(9-7-10)12(20-2)13(15,16)14(17,18)19/h6-9,12,20H,3-5H2,1-2H3. The Morgan fingerprint density at radius 2 is 1.60 bits per heavy atom. The fourth-order valence-electron chi connectivity index (χ4n) is 1.98. The first-order chi connectivity index (χ1) is 9.24. The Bertz CT molecular complexity index is 411. The summed E-state index contributed by atoms with van der Waals surface area (Å²) in [6.45, 7) is 2.02. The highest BCUT2D eigenvalue weighted by Crippen LogP contribution is 2.44. The van der Waals surface area contributed by atoms with Gasteiger partial charge in [0.05, 0.1) is 0 Å². The summed E-state index contributed by atoms with van der Waals surface area (Å²) in [6.07, 6.45) is -2.85. The molecule has 0 saturated carbocycles. The number of halogens is 5. The molecular formula is C14H18F5N. The van der Waals surface area contributed by atoms with Crippen molar-refractivity contribution in [2.75, 3.05) is 7.05 Å². The zero-order valence-corrected chi connectivity index (χ0v) is 11.4. The van der Waals surface area contributed by atoms with Gasteiger partial charge in [0.15, 0.2) is 0 Å². The molecule has 0 saturated heterocycles. The smallest absolute Gasteiger partial charge is 0.308 e. The summed E-state index contributed by atoms with van der Waals surface area (Å²) in [4.78, 5) is 0. The largest absolute Gasteiger partial charge is 0.455 e. The van der Waals surface area contributed by atoms with Crippen molar-refractivity contribution < 1.29 is 22.0 Å². The third kappa shape index (κ3) is 3.69. The third-order valence-corrected chi connectivity index (χ3v) is 3.16. The van der Waals surface area contributed by atoms with Crippen LogP contribution in [0.3, 0.4) is 0 Å². The lowest BCUT2D eigenvalue weighted by molar-refractivity contribution is -0.293. The van der Waals surface area contributed by atoms with E-state index in [0.717, 1.165) is 31.9 Å². The van der Waals surface area contributed by atoms with Gasteiger partial charge in [-0.1, -0.05) is 37.6 Å². The van der Waals surface area contributed by atoms with Gasteiger partial charge in [0, 0.05) is 0 Å². The topological polar surface area (TPSA) is 12.0 Å². The molecule has 114 valence electrons. The van der Waals surface area contributed by atoms with Crippen LogP contribution in [0.4, 0.5) is 22.0 Å². The Balaban J connectivity index is 2.96. The molecular weight excluding hydrogens is 277 g/mol. The normalized spacial score (nSPS) is 14.3. The zero-order chi connectivity index (χ0) is 15.4. The lowest BCUT2D eigenvalue weighted by atomic mass is 9.97. The second kappa shape index (κ2) is 6.52. The van der Waals surface area contributed by atoms with Crippen LogP contribution in [0.25, 0.3) is 0 Å². The maximum Gasteiger partial charge on any atom is 0.455 e. The fraction of sp³-hybridized carbons (Fsp3) is 0.571. The number of hydrogen-bond acceptors (Lipinski definition) is 1. The first-order valence-electron chi connectivity index (χ1n) is 6.44. The number of benzene rings is 1. The van der Waals surface area contributed by atoms with Gasteiger partial charge in [-0.05, 0) is 31.0 Å². The monoisotopic (exact) mass is 295 g/mol. The molecule has 0 bridgehead atoms. The van der Waals surface area contributed by atoms with Crippen LogP contribution in [0.5, 0.6) is 0 Å². The Kier molecular flexibility index (Phi) is 5.50. The van der Waals surface area contributed by atoms with Crippen LogP contribution in [0.15, 0.2) is 24.3 Å². The second-order valence-electron chi connectivity index (χ2n) is 4.69. The van der Waals surface area contributed by atoms with E-state index >= 15 is 0 Å². The summed E-state index contributed by atoms with van der Waals surface area (Å²) in [6, 6.07) is 3.77. The molecule has 0 fully saturated rings. The molecule has 1 nitrogen and oxygen atoms in total. The van der Waals surface area contributed by atoms with Gasteiger partial charge in [0.1, 0.15) is 6.04 Å². The average Bonchev–Trinajstić information content (AvgIpc) is 2.37. The van der Waals surface area contributed by atoms with E-state index < -0.39 is 18.1 Å². The molecule has 0 aliphatic rings. The van der Waals surface area contributed by atoms with Crippen LogP contribution in [-0.2, 0) is 6.42 Å². The van der Waals surface area contributed by atoms with Gasteiger partial charge in [0.2, 0.25) is 0 Å². The molecule has 0 heterocycles. The molecule has 20 heavy (non-hydrogen) atoms. The highest BCUT2D eigenvalue weighted by Gasteiger charge is 2.62. The summed E-state index contributed by atoms with van der Waals surface area (Å²) in [5, 5.41) is 2.06. The number of hydrogen-bond donors (Lipinski definition) is 1. The van der Waals surface area contributed by atoms with Crippen LogP contribution in [0, 0.1) is 0 Å². The van der Waals surface area contributed by atoms with E-state index in [1.165, 1.54) is 12.1 Å². The molecule has 0 radical (unpaired) electrons. The summed E-state index contributed by atoms with van der Waals surface area (Å²) in [7, 11) is 1.09. The van der Waals surface area contributed by atoms with Gasteiger partial charge >= 0.3 is 12.1 Å². The van der Waals surface area contributed by atoms with E-state index in [0.29, 0.717) is 0 Å². The predicted molar refractivity (Wildman–Crippen MR) is 67.9 cm³/mol. The zero-order valence-electron chi connectivity index (χ0n) is 11.4. The first kappa shape index (κ1) is 16.9. The molecule has 1 rings (SSSR count). The van der Waals surface area contributed by atoms with Crippen LogP contribution in [-0.4, -0.2) is 19.1 Å². The summed E-state index contributed by atoms with van der Waals surface area (Å²) >= 11 is 0. The highest BCUT2D eigenvalue weighted by atomic mass is 19.4. The minimum Gasteiger partial charge on any atom is -0.308 e. The number of alkyl halides is 5. The number of nitrogens with one attached hydrogen (secondary N) is 1. The maximum atomic E-state index is 13.4. The Labute approximate surface area is 115 Å². The molecule has 1 atom stereocenters. The van der Waals surface area contributed by atoms with E-state index in [9.17, 15) is 22.0 Å².